The third-order valence-electron chi connectivity index (χ3n) is 3.82. The van der Waals surface area contributed by atoms with Crippen LogP contribution < -0.4 is 5.32 Å². The van der Waals surface area contributed by atoms with Gasteiger partial charge in [0, 0.05) is 21.0 Å². The molecule has 0 fully saturated rings. The van der Waals surface area contributed by atoms with Gasteiger partial charge in [0.15, 0.2) is 0 Å². The molecular weight excluding hydrogens is 290 g/mol. The quantitative estimate of drug-likeness (QED) is 0.845. The first kappa shape index (κ1) is 13.7. The first-order chi connectivity index (χ1) is 9.66. The van der Waals surface area contributed by atoms with Gasteiger partial charge in [-0.15, -0.1) is 11.3 Å². The fourth-order valence-electron chi connectivity index (χ4n) is 2.62. The molecule has 4 heteroatoms. The number of benzene rings is 1. The summed E-state index contributed by atoms with van der Waals surface area (Å²) in [6.07, 6.45) is 4.56. The van der Waals surface area contributed by atoms with Gasteiger partial charge in [0.2, 0.25) is 0 Å². The lowest BCUT2D eigenvalue weighted by atomic mass is 9.95. The van der Waals surface area contributed by atoms with Crippen LogP contribution in [0, 0.1) is 6.92 Å². The zero-order valence-corrected chi connectivity index (χ0v) is 12.9. The Kier molecular flexibility index (Phi) is 3.81. The molecule has 0 unspecified atom stereocenters. The van der Waals surface area contributed by atoms with Crippen LogP contribution in [-0.2, 0) is 12.8 Å². The second-order valence-electron chi connectivity index (χ2n) is 5.12. The molecule has 0 bridgehead atoms. The third-order valence-corrected chi connectivity index (χ3v) is 5.32. The second-order valence-corrected chi connectivity index (χ2v) is 6.50. The molecule has 1 aliphatic rings. The monoisotopic (exact) mass is 305 g/mol. The summed E-state index contributed by atoms with van der Waals surface area (Å²) in [5.41, 5.74) is 3.78. The minimum absolute atomic E-state index is 0.0187. The van der Waals surface area contributed by atoms with Crippen LogP contribution in [0.15, 0.2) is 23.6 Å². The van der Waals surface area contributed by atoms with Gasteiger partial charge < -0.3 is 5.32 Å². The Morgan fingerprint density at radius 1 is 1.30 bits per heavy atom. The molecule has 2 nitrogen and oxygen atoms in total. The van der Waals surface area contributed by atoms with Crippen LogP contribution in [0.4, 0.5) is 5.69 Å². The van der Waals surface area contributed by atoms with E-state index in [1.54, 1.807) is 11.3 Å². The Balaban J connectivity index is 1.86. The molecule has 0 aliphatic heterocycles. The average molecular weight is 306 g/mol. The van der Waals surface area contributed by atoms with E-state index in [4.69, 9.17) is 11.6 Å². The van der Waals surface area contributed by atoms with Gasteiger partial charge in [-0.05, 0) is 55.9 Å². The van der Waals surface area contributed by atoms with Gasteiger partial charge in [0.1, 0.15) is 0 Å². The molecule has 1 heterocycles. The van der Waals surface area contributed by atoms with Crippen molar-refractivity contribution in [2.45, 2.75) is 32.6 Å². The second kappa shape index (κ2) is 5.58. The van der Waals surface area contributed by atoms with Crippen molar-refractivity contribution in [2.75, 3.05) is 5.32 Å². The summed E-state index contributed by atoms with van der Waals surface area (Å²) in [6, 6.07) is 5.57. The molecule has 0 atom stereocenters. The molecule has 1 aromatic heterocycles. The molecule has 104 valence electrons. The van der Waals surface area contributed by atoms with E-state index in [0.717, 1.165) is 29.7 Å². The number of carbonyl (C=O) groups excluding carboxylic acids is 1. The zero-order valence-electron chi connectivity index (χ0n) is 11.3. The molecule has 3 rings (SSSR count). The number of hydrogen-bond donors (Lipinski definition) is 1. The number of halogens is 1. The smallest absolute Gasteiger partial charge is 0.256 e. The van der Waals surface area contributed by atoms with E-state index in [-0.39, 0.29) is 5.91 Å². The SMILES string of the molecule is Cc1c(Cl)cccc1NC(=O)c1csc2c1CCCC2. The standard InChI is InChI=1S/C16H16ClNOS/c1-10-13(17)6-4-7-14(10)18-16(19)12-9-20-15-8-3-2-5-11(12)15/h4,6-7,9H,2-3,5,8H2,1H3,(H,18,19). The van der Waals surface area contributed by atoms with Crippen LogP contribution in [0.5, 0.6) is 0 Å². The van der Waals surface area contributed by atoms with E-state index in [1.165, 1.54) is 23.3 Å². The van der Waals surface area contributed by atoms with E-state index in [9.17, 15) is 4.79 Å². The average Bonchev–Trinajstić information content (AvgIpc) is 2.88. The highest BCUT2D eigenvalue weighted by molar-refractivity contribution is 7.10. The Labute approximate surface area is 127 Å². The summed E-state index contributed by atoms with van der Waals surface area (Å²) in [4.78, 5) is 13.8. The maximum absolute atomic E-state index is 12.5. The van der Waals surface area contributed by atoms with Crippen molar-refractivity contribution in [2.24, 2.45) is 0 Å². The number of amides is 1. The van der Waals surface area contributed by atoms with Crippen molar-refractivity contribution in [3.05, 3.63) is 50.2 Å². The van der Waals surface area contributed by atoms with Crippen LogP contribution in [0.3, 0.4) is 0 Å². The highest BCUT2D eigenvalue weighted by Gasteiger charge is 2.20. The Morgan fingerprint density at radius 3 is 2.95 bits per heavy atom. The van der Waals surface area contributed by atoms with Gasteiger partial charge in [-0.2, -0.15) is 0 Å². The maximum Gasteiger partial charge on any atom is 0.256 e. The van der Waals surface area contributed by atoms with Gasteiger partial charge in [-0.3, -0.25) is 4.79 Å². The molecule has 0 saturated heterocycles. The summed E-state index contributed by atoms with van der Waals surface area (Å²) in [5.74, 6) is -0.0187. The predicted octanol–water partition coefficient (Wildman–Crippen LogP) is 4.84. The van der Waals surface area contributed by atoms with Gasteiger partial charge in [-0.25, -0.2) is 0 Å². The molecule has 0 saturated carbocycles. The van der Waals surface area contributed by atoms with E-state index < -0.39 is 0 Å². The number of nitrogens with one attached hydrogen (secondary N) is 1. The van der Waals surface area contributed by atoms with Gasteiger partial charge in [-0.1, -0.05) is 17.7 Å². The van der Waals surface area contributed by atoms with Crippen molar-refractivity contribution < 1.29 is 4.79 Å². The van der Waals surface area contributed by atoms with E-state index in [2.05, 4.69) is 5.32 Å². The first-order valence-corrected chi connectivity index (χ1v) is 8.08. The molecular formula is C16H16ClNOS. The normalized spacial score (nSPS) is 13.9. The predicted molar refractivity (Wildman–Crippen MR) is 85.1 cm³/mol. The molecule has 1 amide bonds. The molecule has 1 N–H and O–H groups in total. The fraction of sp³-hybridized carbons (Fsp3) is 0.312. The number of fused-ring (bicyclic) bond motifs is 1. The number of thiophene rings is 1. The fourth-order valence-corrected chi connectivity index (χ4v) is 3.92. The van der Waals surface area contributed by atoms with Crippen molar-refractivity contribution in [3.63, 3.8) is 0 Å². The number of anilines is 1. The van der Waals surface area contributed by atoms with Crippen molar-refractivity contribution in [3.8, 4) is 0 Å². The van der Waals surface area contributed by atoms with Gasteiger partial charge in [0.05, 0.1) is 5.56 Å². The van der Waals surface area contributed by atoms with Crippen LogP contribution in [0.2, 0.25) is 5.02 Å². The Hall–Kier alpha value is -1.32. The molecule has 2 aromatic rings. The maximum atomic E-state index is 12.5. The largest absolute Gasteiger partial charge is 0.322 e. The lowest BCUT2D eigenvalue weighted by molar-refractivity contribution is 0.102. The lowest BCUT2D eigenvalue weighted by Crippen LogP contribution is -2.15. The van der Waals surface area contributed by atoms with E-state index in [1.807, 2.05) is 30.5 Å². The van der Waals surface area contributed by atoms with Crippen LogP contribution >= 0.6 is 22.9 Å². The topological polar surface area (TPSA) is 29.1 Å². The summed E-state index contributed by atoms with van der Waals surface area (Å²) in [5, 5.41) is 5.65. The molecule has 1 aliphatic carbocycles. The summed E-state index contributed by atoms with van der Waals surface area (Å²) >= 11 is 7.80. The van der Waals surface area contributed by atoms with Gasteiger partial charge >= 0.3 is 0 Å². The van der Waals surface area contributed by atoms with Crippen LogP contribution in [0.25, 0.3) is 0 Å². The minimum Gasteiger partial charge on any atom is -0.322 e. The first-order valence-electron chi connectivity index (χ1n) is 6.82. The van der Waals surface area contributed by atoms with Crippen LogP contribution in [-0.4, -0.2) is 5.91 Å². The summed E-state index contributed by atoms with van der Waals surface area (Å²) < 4.78 is 0. The Bertz CT molecular complexity index is 662. The van der Waals surface area contributed by atoms with E-state index in [0.29, 0.717) is 5.02 Å². The zero-order chi connectivity index (χ0) is 14.1. The van der Waals surface area contributed by atoms with Crippen molar-refractivity contribution >= 4 is 34.5 Å². The minimum atomic E-state index is -0.0187. The molecule has 0 radical (unpaired) electrons. The third kappa shape index (κ3) is 2.48. The number of aryl methyl sites for hydroxylation is 1. The molecule has 20 heavy (non-hydrogen) atoms. The molecule has 0 spiro atoms. The van der Waals surface area contributed by atoms with E-state index >= 15 is 0 Å². The van der Waals surface area contributed by atoms with Gasteiger partial charge in [0.25, 0.3) is 5.91 Å². The highest BCUT2D eigenvalue weighted by Crippen LogP contribution is 2.31. The number of hydrogen-bond acceptors (Lipinski definition) is 2. The number of carbonyl (C=O) groups is 1. The number of rotatable bonds is 2. The van der Waals surface area contributed by atoms with Crippen molar-refractivity contribution in [1.82, 2.24) is 0 Å². The highest BCUT2D eigenvalue weighted by atomic mass is 35.5. The lowest BCUT2D eigenvalue weighted by Gasteiger charge is -2.13. The summed E-state index contributed by atoms with van der Waals surface area (Å²) in [7, 11) is 0. The summed E-state index contributed by atoms with van der Waals surface area (Å²) in [6.45, 7) is 1.92. The van der Waals surface area contributed by atoms with Crippen LogP contribution in [0.1, 0.15) is 39.2 Å². The molecule has 1 aromatic carbocycles. The van der Waals surface area contributed by atoms with Crippen molar-refractivity contribution in [1.29, 1.82) is 0 Å². The Morgan fingerprint density at radius 2 is 2.10 bits per heavy atom.